The first-order valence-electron chi connectivity index (χ1n) is 6.94. The molecule has 2 rings (SSSR count). The fourth-order valence-electron chi connectivity index (χ4n) is 1.97. The second-order valence-corrected chi connectivity index (χ2v) is 4.92. The van der Waals surface area contributed by atoms with Crippen LogP contribution in [0.25, 0.3) is 0 Å². The summed E-state index contributed by atoms with van der Waals surface area (Å²) in [7, 11) is 0. The molecule has 2 aromatic carbocycles. The molecule has 0 heterocycles. The average Bonchev–Trinajstić information content (AvgIpc) is 2.54. The third-order valence-corrected chi connectivity index (χ3v) is 3.43. The van der Waals surface area contributed by atoms with Gasteiger partial charge in [-0.2, -0.15) is 5.26 Å². The van der Waals surface area contributed by atoms with Crippen molar-refractivity contribution in [2.45, 2.75) is 20.5 Å². The third kappa shape index (κ3) is 3.86. The summed E-state index contributed by atoms with van der Waals surface area (Å²) in [5.41, 5.74) is 3.30. The molecule has 0 saturated carbocycles. The molecule has 0 unspecified atom stereocenters. The van der Waals surface area contributed by atoms with Crippen LogP contribution in [0.4, 0.5) is 0 Å². The summed E-state index contributed by atoms with van der Waals surface area (Å²) in [6.45, 7) is 3.84. The molecule has 2 aromatic rings. The lowest BCUT2D eigenvalue weighted by Crippen LogP contribution is -2.15. The highest BCUT2D eigenvalue weighted by Crippen LogP contribution is 2.20. The van der Waals surface area contributed by atoms with Crippen LogP contribution in [0.5, 0.6) is 5.75 Å². The molecule has 0 aliphatic carbocycles. The maximum atomic E-state index is 11.8. The summed E-state index contributed by atoms with van der Waals surface area (Å²) in [6, 6.07) is 14.8. The Hall–Kier alpha value is -2.80. The molecule has 0 radical (unpaired) electrons. The predicted octanol–water partition coefficient (Wildman–Crippen LogP) is 3.30. The highest BCUT2D eigenvalue weighted by atomic mass is 16.6. The van der Waals surface area contributed by atoms with E-state index in [1.165, 1.54) is 0 Å². The molecule has 0 bridgehead atoms. The van der Waals surface area contributed by atoms with Gasteiger partial charge in [0.05, 0.1) is 11.6 Å². The lowest BCUT2D eigenvalue weighted by Gasteiger charge is -2.11. The van der Waals surface area contributed by atoms with Gasteiger partial charge in [-0.3, -0.25) is 0 Å². The molecule has 0 aliphatic rings. The summed E-state index contributed by atoms with van der Waals surface area (Å²) in [5.74, 6) is 0.211. The quantitative estimate of drug-likeness (QED) is 0.794. The topological polar surface area (TPSA) is 59.3 Å². The zero-order chi connectivity index (χ0) is 15.9. The maximum absolute atomic E-state index is 11.8. The number of nitrogens with zero attached hydrogens (tertiary/aromatic N) is 1. The van der Waals surface area contributed by atoms with E-state index >= 15 is 0 Å². The third-order valence-electron chi connectivity index (χ3n) is 3.43. The smallest absolute Gasteiger partial charge is 0.344 e. The van der Waals surface area contributed by atoms with Crippen molar-refractivity contribution in [1.82, 2.24) is 0 Å². The average molecular weight is 295 g/mol. The van der Waals surface area contributed by atoms with Crippen molar-refractivity contribution in [3.05, 3.63) is 64.7 Å². The van der Waals surface area contributed by atoms with Crippen molar-refractivity contribution in [2.75, 3.05) is 6.61 Å². The Labute approximate surface area is 129 Å². The Bertz CT molecular complexity index is 717. The Balaban J connectivity index is 1.89. The molecule has 0 spiro atoms. The molecule has 4 nitrogen and oxygen atoms in total. The number of rotatable bonds is 5. The summed E-state index contributed by atoms with van der Waals surface area (Å²) < 4.78 is 10.6. The van der Waals surface area contributed by atoms with E-state index in [-0.39, 0.29) is 13.2 Å². The van der Waals surface area contributed by atoms with Gasteiger partial charge in [-0.05, 0) is 37.1 Å². The van der Waals surface area contributed by atoms with E-state index in [0.717, 1.165) is 11.1 Å². The minimum Gasteiger partial charge on any atom is -0.482 e. The molecular weight excluding hydrogens is 278 g/mol. The van der Waals surface area contributed by atoms with E-state index in [2.05, 4.69) is 6.07 Å². The first-order chi connectivity index (χ1) is 10.6. The first-order valence-corrected chi connectivity index (χ1v) is 6.94. The van der Waals surface area contributed by atoms with Gasteiger partial charge < -0.3 is 9.47 Å². The molecule has 0 atom stereocenters. The number of carbonyl (C=O) groups excluding carboxylic acids is 1. The molecule has 0 fully saturated rings. The first kappa shape index (κ1) is 15.6. The number of aryl methyl sites for hydroxylation is 1. The Morgan fingerprint density at radius 3 is 2.68 bits per heavy atom. The van der Waals surface area contributed by atoms with Crippen LogP contribution in [-0.2, 0) is 16.1 Å². The van der Waals surface area contributed by atoms with Crippen LogP contribution in [0.3, 0.4) is 0 Å². The zero-order valence-corrected chi connectivity index (χ0v) is 12.6. The standard InChI is InChI=1S/C18H17NO3/c1-13-6-5-9-17(14(13)2)21-12-18(20)22-11-16-8-4-3-7-15(16)10-19/h3-9H,11-12H2,1-2H3. The fraction of sp³-hybridized carbons (Fsp3) is 0.222. The number of hydrogen-bond donors (Lipinski definition) is 0. The SMILES string of the molecule is Cc1cccc(OCC(=O)OCc2ccccc2C#N)c1C. The minimum absolute atomic E-state index is 0.0682. The number of nitriles is 1. The largest absolute Gasteiger partial charge is 0.482 e. The molecule has 112 valence electrons. The normalized spacial score (nSPS) is 9.86. The van der Waals surface area contributed by atoms with Crippen LogP contribution in [0.15, 0.2) is 42.5 Å². The number of carbonyl (C=O) groups is 1. The van der Waals surface area contributed by atoms with Gasteiger partial charge in [0, 0.05) is 5.56 Å². The molecular formula is C18H17NO3. The van der Waals surface area contributed by atoms with Gasteiger partial charge in [0.25, 0.3) is 0 Å². The van der Waals surface area contributed by atoms with Crippen LogP contribution in [0.1, 0.15) is 22.3 Å². The van der Waals surface area contributed by atoms with Gasteiger partial charge >= 0.3 is 5.97 Å². The van der Waals surface area contributed by atoms with Gasteiger partial charge in [-0.1, -0.05) is 30.3 Å². The van der Waals surface area contributed by atoms with Gasteiger partial charge in [0.15, 0.2) is 6.61 Å². The van der Waals surface area contributed by atoms with Crippen LogP contribution in [0.2, 0.25) is 0 Å². The summed E-state index contributed by atoms with van der Waals surface area (Å²) in [4.78, 5) is 11.8. The second kappa shape index (κ2) is 7.28. The van der Waals surface area contributed by atoms with E-state index < -0.39 is 5.97 Å². The molecule has 0 aromatic heterocycles. The monoisotopic (exact) mass is 295 g/mol. The van der Waals surface area contributed by atoms with Crippen LogP contribution in [0, 0.1) is 25.2 Å². The number of hydrogen-bond acceptors (Lipinski definition) is 4. The van der Waals surface area contributed by atoms with Gasteiger partial charge in [0.1, 0.15) is 12.4 Å². The Kier molecular flexibility index (Phi) is 5.16. The molecule has 0 saturated heterocycles. The van der Waals surface area contributed by atoms with E-state index in [9.17, 15) is 4.79 Å². The van der Waals surface area contributed by atoms with E-state index in [0.29, 0.717) is 16.9 Å². The maximum Gasteiger partial charge on any atom is 0.344 e. The van der Waals surface area contributed by atoms with Gasteiger partial charge in [-0.15, -0.1) is 0 Å². The fourth-order valence-corrected chi connectivity index (χ4v) is 1.97. The summed E-state index contributed by atoms with van der Waals surface area (Å²) >= 11 is 0. The number of ether oxygens (including phenoxy) is 2. The van der Waals surface area contributed by atoms with Crippen LogP contribution >= 0.6 is 0 Å². The van der Waals surface area contributed by atoms with Crippen molar-refractivity contribution in [2.24, 2.45) is 0 Å². The molecule has 0 amide bonds. The van der Waals surface area contributed by atoms with Crippen molar-refractivity contribution in [1.29, 1.82) is 5.26 Å². The molecule has 0 aliphatic heterocycles. The second-order valence-electron chi connectivity index (χ2n) is 4.92. The van der Waals surface area contributed by atoms with Crippen molar-refractivity contribution in [3.8, 4) is 11.8 Å². The lowest BCUT2D eigenvalue weighted by atomic mass is 10.1. The van der Waals surface area contributed by atoms with Gasteiger partial charge in [0.2, 0.25) is 0 Å². The Morgan fingerprint density at radius 1 is 1.14 bits per heavy atom. The van der Waals surface area contributed by atoms with E-state index in [1.54, 1.807) is 24.3 Å². The highest BCUT2D eigenvalue weighted by Gasteiger charge is 2.09. The molecule has 0 N–H and O–H groups in total. The minimum atomic E-state index is -0.464. The van der Waals surface area contributed by atoms with Gasteiger partial charge in [-0.25, -0.2) is 4.79 Å². The van der Waals surface area contributed by atoms with Crippen LogP contribution < -0.4 is 4.74 Å². The number of esters is 1. The zero-order valence-electron chi connectivity index (χ0n) is 12.6. The van der Waals surface area contributed by atoms with E-state index in [1.807, 2.05) is 32.0 Å². The van der Waals surface area contributed by atoms with Crippen LogP contribution in [-0.4, -0.2) is 12.6 Å². The summed E-state index contributed by atoms with van der Waals surface area (Å²) in [6.07, 6.45) is 0. The van der Waals surface area contributed by atoms with Crippen molar-refractivity contribution < 1.29 is 14.3 Å². The summed E-state index contributed by atoms with van der Waals surface area (Å²) in [5, 5.41) is 8.98. The predicted molar refractivity (Wildman–Crippen MR) is 82.4 cm³/mol. The Morgan fingerprint density at radius 2 is 1.91 bits per heavy atom. The highest BCUT2D eigenvalue weighted by molar-refractivity contribution is 5.71. The molecule has 22 heavy (non-hydrogen) atoms. The molecule has 4 heteroatoms. The number of benzene rings is 2. The lowest BCUT2D eigenvalue weighted by molar-refractivity contribution is -0.147. The van der Waals surface area contributed by atoms with E-state index in [4.69, 9.17) is 14.7 Å². The van der Waals surface area contributed by atoms with Crippen molar-refractivity contribution >= 4 is 5.97 Å². The van der Waals surface area contributed by atoms with Crippen molar-refractivity contribution in [3.63, 3.8) is 0 Å².